The van der Waals surface area contributed by atoms with E-state index >= 15 is 0 Å². The number of hydrogen-bond donors (Lipinski definition) is 1. The van der Waals surface area contributed by atoms with Gasteiger partial charge in [0, 0.05) is 0 Å². The van der Waals surface area contributed by atoms with Crippen molar-refractivity contribution in [1.29, 1.82) is 0 Å². The van der Waals surface area contributed by atoms with E-state index in [-0.39, 0.29) is 17.7 Å². The topological polar surface area (TPSA) is 108 Å². The fourth-order valence-corrected chi connectivity index (χ4v) is 3.41. The summed E-state index contributed by atoms with van der Waals surface area (Å²) in [6, 6.07) is 24.7. The Hall–Kier alpha value is -4.01. The summed E-state index contributed by atoms with van der Waals surface area (Å²) in [5.74, 6) is -2.04. The van der Waals surface area contributed by atoms with Crippen LogP contribution in [0.4, 0.5) is 0 Å². The molecule has 1 heterocycles. The van der Waals surface area contributed by atoms with E-state index in [0.29, 0.717) is 5.56 Å². The molecule has 8 heteroatoms. The maximum Gasteiger partial charge on any atom is 0.340 e. The zero-order chi connectivity index (χ0) is 23.9. The van der Waals surface area contributed by atoms with Crippen LogP contribution < -0.4 is 0 Å². The van der Waals surface area contributed by atoms with Gasteiger partial charge >= 0.3 is 17.9 Å². The number of aliphatic hydroxyl groups excluding tert-OH is 1. The molecule has 34 heavy (non-hydrogen) atoms. The zero-order valence-electron chi connectivity index (χ0n) is 18.0. The highest BCUT2D eigenvalue weighted by Gasteiger charge is 2.49. The summed E-state index contributed by atoms with van der Waals surface area (Å²) in [4.78, 5) is 37.4. The molecule has 0 aliphatic carbocycles. The van der Waals surface area contributed by atoms with E-state index in [2.05, 4.69) is 0 Å². The summed E-state index contributed by atoms with van der Waals surface area (Å²) in [6.45, 7) is -0.336. The quantitative estimate of drug-likeness (QED) is 0.422. The first-order chi connectivity index (χ1) is 16.5. The van der Waals surface area contributed by atoms with Crippen molar-refractivity contribution >= 4 is 17.9 Å². The van der Waals surface area contributed by atoms with Gasteiger partial charge in [-0.1, -0.05) is 54.6 Å². The third-order valence-electron chi connectivity index (χ3n) is 5.16. The van der Waals surface area contributed by atoms with Crippen LogP contribution in [0.5, 0.6) is 0 Å². The summed E-state index contributed by atoms with van der Waals surface area (Å²) in [5, 5.41) is 10.8. The molecule has 0 saturated carbocycles. The van der Waals surface area contributed by atoms with Crippen LogP contribution in [0.1, 0.15) is 31.1 Å². The van der Waals surface area contributed by atoms with Crippen molar-refractivity contribution in [2.24, 2.45) is 0 Å². The Morgan fingerprint density at radius 1 is 0.676 bits per heavy atom. The van der Waals surface area contributed by atoms with Gasteiger partial charge in [-0.2, -0.15) is 0 Å². The van der Waals surface area contributed by atoms with E-state index in [0.717, 1.165) is 0 Å². The van der Waals surface area contributed by atoms with Gasteiger partial charge in [0.15, 0.2) is 12.2 Å². The van der Waals surface area contributed by atoms with Crippen molar-refractivity contribution in [3.63, 3.8) is 0 Å². The summed E-state index contributed by atoms with van der Waals surface area (Å²) < 4.78 is 21.8. The van der Waals surface area contributed by atoms with Gasteiger partial charge < -0.3 is 24.1 Å². The molecule has 1 aliphatic rings. The maximum atomic E-state index is 12.6. The third kappa shape index (κ3) is 5.48. The minimum Gasteiger partial charge on any atom is -0.459 e. The number of carbonyl (C=O) groups is 3. The van der Waals surface area contributed by atoms with Crippen LogP contribution >= 0.6 is 0 Å². The Balaban J connectivity index is 1.47. The summed E-state index contributed by atoms with van der Waals surface area (Å²) in [6.07, 6.45) is -5.24. The molecule has 0 unspecified atom stereocenters. The predicted molar refractivity (Wildman–Crippen MR) is 119 cm³/mol. The van der Waals surface area contributed by atoms with Crippen LogP contribution in [0.25, 0.3) is 0 Å². The summed E-state index contributed by atoms with van der Waals surface area (Å²) in [5.41, 5.74) is 0.848. The third-order valence-corrected chi connectivity index (χ3v) is 5.16. The molecule has 1 aliphatic heterocycles. The fraction of sp³-hybridized carbons (Fsp3) is 0.192. The first kappa shape index (κ1) is 23.2. The van der Waals surface area contributed by atoms with Crippen LogP contribution in [0.15, 0.2) is 91.0 Å². The van der Waals surface area contributed by atoms with Gasteiger partial charge in [-0.15, -0.1) is 0 Å². The molecular weight excluding hydrogens is 440 g/mol. The normalized spacial score (nSPS) is 21.4. The van der Waals surface area contributed by atoms with Crippen molar-refractivity contribution in [2.45, 2.75) is 24.6 Å². The molecule has 3 aromatic rings. The lowest BCUT2D eigenvalue weighted by molar-refractivity contribution is -0.139. The van der Waals surface area contributed by atoms with Gasteiger partial charge in [-0.3, -0.25) is 0 Å². The molecule has 3 aromatic carbocycles. The number of benzene rings is 3. The number of carbonyl (C=O) groups excluding carboxylic acids is 3. The molecule has 1 saturated heterocycles. The van der Waals surface area contributed by atoms with Crippen LogP contribution in [-0.4, -0.2) is 54.2 Å². The molecule has 1 N–H and O–H groups in total. The van der Waals surface area contributed by atoms with Gasteiger partial charge in [-0.25, -0.2) is 14.4 Å². The summed E-state index contributed by atoms with van der Waals surface area (Å²) in [7, 11) is 0. The van der Waals surface area contributed by atoms with Crippen LogP contribution in [-0.2, 0) is 18.9 Å². The number of rotatable bonds is 7. The van der Waals surface area contributed by atoms with Gasteiger partial charge in [0.1, 0.15) is 12.7 Å². The molecule has 8 nitrogen and oxygen atoms in total. The van der Waals surface area contributed by atoms with E-state index in [1.165, 1.54) is 0 Å². The van der Waals surface area contributed by atoms with Crippen LogP contribution in [0, 0.1) is 0 Å². The lowest BCUT2D eigenvalue weighted by Gasteiger charge is -2.20. The Labute approximate surface area is 195 Å². The minimum atomic E-state index is -1.50. The molecule has 0 amide bonds. The largest absolute Gasteiger partial charge is 0.459 e. The van der Waals surface area contributed by atoms with Crippen molar-refractivity contribution in [2.75, 3.05) is 6.61 Å². The molecule has 0 aromatic heterocycles. The van der Waals surface area contributed by atoms with E-state index in [4.69, 9.17) is 18.9 Å². The molecule has 174 valence electrons. The van der Waals surface area contributed by atoms with Crippen LogP contribution in [0.2, 0.25) is 0 Å². The van der Waals surface area contributed by atoms with Gasteiger partial charge in [0.25, 0.3) is 0 Å². The average molecular weight is 462 g/mol. The minimum absolute atomic E-state index is 0.259. The average Bonchev–Trinajstić information content (AvgIpc) is 3.17. The van der Waals surface area contributed by atoms with E-state index in [1.807, 2.05) is 0 Å². The Bertz CT molecular complexity index is 1120. The maximum absolute atomic E-state index is 12.6. The van der Waals surface area contributed by atoms with Gasteiger partial charge in [0.2, 0.25) is 6.29 Å². The number of hydrogen-bond acceptors (Lipinski definition) is 8. The fourth-order valence-electron chi connectivity index (χ4n) is 3.41. The lowest BCUT2D eigenvalue weighted by Crippen LogP contribution is -2.40. The molecular formula is C26H22O8. The molecule has 4 rings (SSSR count). The first-order valence-corrected chi connectivity index (χ1v) is 10.6. The second-order valence-electron chi connectivity index (χ2n) is 7.51. The number of ether oxygens (including phenoxy) is 4. The first-order valence-electron chi connectivity index (χ1n) is 10.6. The molecule has 0 spiro atoms. The SMILES string of the molecule is O=C(OC[C@@H]1O[C@@H](OC(=O)c2ccccc2)[C@@H](O)[C@@H]1OC(=O)c1ccccc1)c1ccccc1. The Kier molecular flexibility index (Phi) is 7.31. The highest BCUT2D eigenvalue weighted by molar-refractivity contribution is 5.90. The smallest absolute Gasteiger partial charge is 0.340 e. The van der Waals surface area contributed by atoms with Crippen molar-refractivity contribution < 1.29 is 38.4 Å². The molecule has 0 radical (unpaired) electrons. The zero-order valence-corrected chi connectivity index (χ0v) is 18.0. The molecule has 0 bridgehead atoms. The molecule has 1 fully saturated rings. The molecule has 4 atom stereocenters. The lowest BCUT2D eigenvalue weighted by atomic mass is 10.1. The highest BCUT2D eigenvalue weighted by Crippen LogP contribution is 2.27. The van der Waals surface area contributed by atoms with Crippen molar-refractivity contribution in [1.82, 2.24) is 0 Å². The number of aliphatic hydroxyl groups is 1. The predicted octanol–water partition coefficient (Wildman–Crippen LogP) is 3.01. The van der Waals surface area contributed by atoms with E-state index < -0.39 is 42.5 Å². The standard InChI is InChI=1S/C26H22O8/c27-21-22(33-24(29)18-12-6-2-7-13-18)20(16-31-23(28)17-10-4-1-5-11-17)32-26(21)34-25(30)19-14-8-3-9-15-19/h1-15,20-22,26-27H,16H2/t20-,21-,22+,26-/m0/s1. The monoisotopic (exact) mass is 462 g/mol. The van der Waals surface area contributed by atoms with Crippen molar-refractivity contribution in [3.8, 4) is 0 Å². The van der Waals surface area contributed by atoms with Crippen molar-refractivity contribution in [3.05, 3.63) is 108 Å². The summed E-state index contributed by atoms with van der Waals surface area (Å²) >= 11 is 0. The van der Waals surface area contributed by atoms with Gasteiger partial charge in [0.05, 0.1) is 16.7 Å². The number of esters is 3. The highest BCUT2D eigenvalue weighted by atomic mass is 16.7. The van der Waals surface area contributed by atoms with Gasteiger partial charge in [-0.05, 0) is 36.4 Å². The second kappa shape index (κ2) is 10.7. The van der Waals surface area contributed by atoms with E-state index in [9.17, 15) is 19.5 Å². The second-order valence-corrected chi connectivity index (χ2v) is 7.51. The Morgan fingerprint density at radius 2 is 1.12 bits per heavy atom. The Morgan fingerprint density at radius 3 is 1.62 bits per heavy atom. The van der Waals surface area contributed by atoms with E-state index in [1.54, 1.807) is 91.0 Å². The van der Waals surface area contributed by atoms with Crippen LogP contribution in [0.3, 0.4) is 0 Å².